The average Bonchev–Trinajstić information content (AvgIpc) is 3.24. The lowest BCUT2D eigenvalue weighted by atomic mass is 9.96. The van der Waals surface area contributed by atoms with Crippen molar-refractivity contribution in [2.75, 3.05) is 41.4 Å². The summed E-state index contributed by atoms with van der Waals surface area (Å²) in [7, 11) is 0. The number of anilines is 3. The highest BCUT2D eigenvalue weighted by Gasteiger charge is 2.28. The molecule has 1 atom stereocenters. The molecule has 0 aromatic carbocycles. The van der Waals surface area contributed by atoms with Crippen LogP contribution in [0, 0.1) is 12.8 Å². The van der Waals surface area contributed by atoms with E-state index in [1.165, 1.54) is 0 Å². The second-order valence-corrected chi connectivity index (χ2v) is 7.88. The highest BCUT2D eigenvalue weighted by Crippen LogP contribution is 2.28. The molecular weight excluding hydrogens is 368 g/mol. The van der Waals surface area contributed by atoms with Crippen LogP contribution < -0.4 is 15.1 Å². The molecule has 2 fully saturated rings. The third kappa shape index (κ3) is 4.48. The highest BCUT2D eigenvalue weighted by atomic mass is 16.3. The quantitative estimate of drug-likeness (QED) is 0.798. The SMILES string of the molecule is Cc1ccc(NC(=O)C2CCN(c3cc(N4CCCC4CO)ncn3)CC2)nc1. The maximum absolute atomic E-state index is 12.6. The van der Waals surface area contributed by atoms with Gasteiger partial charge in [0.05, 0.1) is 12.6 Å². The average molecular weight is 396 g/mol. The summed E-state index contributed by atoms with van der Waals surface area (Å²) < 4.78 is 0. The molecule has 2 saturated heterocycles. The molecule has 29 heavy (non-hydrogen) atoms. The summed E-state index contributed by atoms with van der Waals surface area (Å²) in [6.45, 7) is 4.59. The standard InChI is InChI=1S/C21H28N6O2/c1-15-4-5-18(22-12-15)25-21(29)16-6-9-26(10-7-16)19-11-20(24-14-23-19)27-8-2-3-17(27)13-28/h4-5,11-12,14,16-17,28H,2-3,6-10,13H2,1H3,(H,22,25,29). The Balaban J connectivity index is 1.35. The Labute approximate surface area is 171 Å². The van der Waals surface area contributed by atoms with Crippen LogP contribution in [0.5, 0.6) is 0 Å². The van der Waals surface area contributed by atoms with E-state index in [2.05, 4.69) is 30.1 Å². The van der Waals surface area contributed by atoms with Crippen LogP contribution in [-0.2, 0) is 4.79 Å². The topological polar surface area (TPSA) is 94.5 Å². The fraction of sp³-hybridized carbons (Fsp3) is 0.524. The fourth-order valence-corrected chi connectivity index (χ4v) is 4.14. The fourth-order valence-electron chi connectivity index (χ4n) is 4.14. The van der Waals surface area contributed by atoms with Crippen LogP contribution in [0.3, 0.4) is 0 Å². The molecule has 154 valence electrons. The first kappa shape index (κ1) is 19.6. The van der Waals surface area contributed by atoms with Crippen LogP contribution >= 0.6 is 0 Å². The van der Waals surface area contributed by atoms with Gasteiger partial charge in [0.1, 0.15) is 23.8 Å². The van der Waals surface area contributed by atoms with E-state index in [0.717, 1.165) is 62.5 Å². The molecule has 1 unspecified atom stereocenters. The van der Waals surface area contributed by atoms with Crippen molar-refractivity contribution >= 4 is 23.4 Å². The van der Waals surface area contributed by atoms with Gasteiger partial charge in [0.15, 0.2) is 0 Å². The van der Waals surface area contributed by atoms with Crippen LogP contribution in [0.25, 0.3) is 0 Å². The van der Waals surface area contributed by atoms with Gasteiger partial charge in [-0.1, -0.05) is 6.07 Å². The summed E-state index contributed by atoms with van der Waals surface area (Å²) >= 11 is 0. The molecule has 2 aromatic rings. The number of pyridine rings is 1. The molecule has 4 rings (SSSR count). The number of nitrogens with one attached hydrogen (secondary N) is 1. The van der Waals surface area contributed by atoms with Gasteiger partial charge < -0.3 is 20.2 Å². The number of hydrogen-bond acceptors (Lipinski definition) is 7. The van der Waals surface area contributed by atoms with E-state index in [1.807, 2.05) is 25.1 Å². The number of carbonyl (C=O) groups excluding carboxylic acids is 1. The van der Waals surface area contributed by atoms with Gasteiger partial charge in [-0.3, -0.25) is 4.79 Å². The van der Waals surface area contributed by atoms with Crippen molar-refractivity contribution in [2.24, 2.45) is 5.92 Å². The van der Waals surface area contributed by atoms with Crippen LogP contribution in [0.4, 0.5) is 17.5 Å². The summed E-state index contributed by atoms with van der Waals surface area (Å²) in [6.07, 6.45) is 6.97. The van der Waals surface area contributed by atoms with Crippen molar-refractivity contribution in [2.45, 2.75) is 38.6 Å². The van der Waals surface area contributed by atoms with Gasteiger partial charge in [0.25, 0.3) is 0 Å². The summed E-state index contributed by atoms with van der Waals surface area (Å²) in [5.41, 5.74) is 1.07. The molecule has 2 aliphatic heterocycles. The predicted octanol–water partition coefficient (Wildman–Crippen LogP) is 2.00. The zero-order valence-electron chi connectivity index (χ0n) is 16.8. The monoisotopic (exact) mass is 396 g/mol. The van der Waals surface area contributed by atoms with Crippen LogP contribution in [-0.4, -0.2) is 58.2 Å². The molecule has 2 aromatic heterocycles. The Kier molecular flexibility index (Phi) is 5.89. The molecule has 0 bridgehead atoms. The molecule has 4 heterocycles. The zero-order chi connectivity index (χ0) is 20.2. The number of aliphatic hydroxyl groups is 1. The van der Waals surface area contributed by atoms with Crippen molar-refractivity contribution < 1.29 is 9.90 Å². The number of carbonyl (C=O) groups is 1. The Morgan fingerprint density at radius 2 is 1.93 bits per heavy atom. The zero-order valence-corrected chi connectivity index (χ0v) is 16.8. The third-order valence-electron chi connectivity index (χ3n) is 5.87. The number of aryl methyl sites for hydroxylation is 1. The first-order valence-corrected chi connectivity index (χ1v) is 10.3. The van der Waals surface area contributed by atoms with Crippen molar-refractivity contribution in [3.8, 4) is 0 Å². The molecule has 0 saturated carbocycles. The van der Waals surface area contributed by atoms with E-state index in [0.29, 0.717) is 5.82 Å². The molecule has 8 nitrogen and oxygen atoms in total. The Bertz CT molecular complexity index is 835. The maximum Gasteiger partial charge on any atom is 0.228 e. The van der Waals surface area contributed by atoms with E-state index in [9.17, 15) is 9.90 Å². The molecular formula is C21H28N6O2. The molecule has 0 spiro atoms. The van der Waals surface area contributed by atoms with E-state index in [4.69, 9.17) is 0 Å². The van der Waals surface area contributed by atoms with Crippen LogP contribution in [0.1, 0.15) is 31.2 Å². The Hall–Kier alpha value is -2.74. The van der Waals surface area contributed by atoms with Gasteiger partial charge in [-0.25, -0.2) is 15.0 Å². The first-order valence-electron chi connectivity index (χ1n) is 10.3. The minimum absolute atomic E-state index is 0.0204. The first-order chi connectivity index (χ1) is 14.1. The second kappa shape index (κ2) is 8.73. The third-order valence-corrected chi connectivity index (χ3v) is 5.87. The number of nitrogens with zero attached hydrogens (tertiary/aromatic N) is 5. The lowest BCUT2D eigenvalue weighted by molar-refractivity contribution is -0.120. The normalized spacial score (nSPS) is 20.1. The van der Waals surface area contributed by atoms with E-state index in [-0.39, 0.29) is 24.5 Å². The predicted molar refractivity (Wildman–Crippen MR) is 112 cm³/mol. The second-order valence-electron chi connectivity index (χ2n) is 7.88. The minimum Gasteiger partial charge on any atom is -0.394 e. The summed E-state index contributed by atoms with van der Waals surface area (Å²) in [4.78, 5) is 30.1. The summed E-state index contributed by atoms with van der Waals surface area (Å²) in [6, 6.07) is 5.93. The lowest BCUT2D eigenvalue weighted by Gasteiger charge is -2.32. The molecule has 2 aliphatic rings. The van der Waals surface area contributed by atoms with Gasteiger partial charge in [-0.15, -0.1) is 0 Å². The molecule has 0 aliphatic carbocycles. The number of aliphatic hydroxyl groups excluding tert-OH is 1. The van der Waals surface area contributed by atoms with Gasteiger partial charge >= 0.3 is 0 Å². The molecule has 8 heteroatoms. The molecule has 2 N–H and O–H groups in total. The number of amides is 1. The molecule has 0 radical (unpaired) electrons. The van der Waals surface area contributed by atoms with Crippen molar-refractivity contribution in [3.63, 3.8) is 0 Å². The Morgan fingerprint density at radius 1 is 1.14 bits per heavy atom. The van der Waals surface area contributed by atoms with Crippen LogP contribution in [0.2, 0.25) is 0 Å². The van der Waals surface area contributed by atoms with Gasteiger partial charge in [0, 0.05) is 37.8 Å². The van der Waals surface area contributed by atoms with E-state index < -0.39 is 0 Å². The number of piperidine rings is 1. The summed E-state index contributed by atoms with van der Waals surface area (Å²) in [5.74, 6) is 2.38. The molecule has 1 amide bonds. The van der Waals surface area contributed by atoms with Crippen molar-refractivity contribution in [3.05, 3.63) is 36.3 Å². The maximum atomic E-state index is 12.6. The van der Waals surface area contributed by atoms with Crippen molar-refractivity contribution in [1.29, 1.82) is 0 Å². The minimum atomic E-state index is -0.0204. The highest BCUT2D eigenvalue weighted by molar-refractivity contribution is 5.91. The number of aromatic nitrogens is 3. The van der Waals surface area contributed by atoms with Gasteiger partial charge in [-0.2, -0.15) is 0 Å². The van der Waals surface area contributed by atoms with Gasteiger partial charge in [-0.05, 0) is 44.2 Å². The summed E-state index contributed by atoms with van der Waals surface area (Å²) in [5, 5.41) is 12.5. The number of rotatable bonds is 5. The Morgan fingerprint density at radius 3 is 2.66 bits per heavy atom. The van der Waals surface area contributed by atoms with Crippen LogP contribution in [0.15, 0.2) is 30.7 Å². The smallest absolute Gasteiger partial charge is 0.228 e. The number of hydrogen-bond donors (Lipinski definition) is 2. The van der Waals surface area contributed by atoms with E-state index in [1.54, 1.807) is 12.5 Å². The van der Waals surface area contributed by atoms with Crippen molar-refractivity contribution in [1.82, 2.24) is 15.0 Å². The lowest BCUT2D eigenvalue weighted by Crippen LogP contribution is -2.39. The van der Waals surface area contributed by atoms with E-state index >= 15 is 0 Å². The van der Waals surface area contributed by atoms with Gasteiger partial charge in [0.2, 0.25) is 5.91 Å². The largest absolute Gasteiger partial charge is 0.394 e.